The average Bonchev–Trinajstić information content (AvgIpc) is 3.92. The lowest BCUT2D eigenvalue weighted by molar-refractivity contribution is 0.653. The van der Waals surface area contributed by atoms with E-state index in [0.717, 1.165) is 44.6 Å². The van der Waals surface area contributed by atoms with Crippen molar-refractivity contribution in [3.63, 3.8) is 0 Å². The summed E-state index contributed by atoms with van der Waals surface area (Å²) in [4.78, 5) is 11.1. The number of nitrogens with zero attached hydrogens (tertiary/aromatic N) is 3. The van der Waals surface area contributed by atoms with E-state index in [1.807, 2.05) is 29.5 Å². The highest BCUT2D eigenvalue weighted by Crippen LogP contribution is 2.47. The molecule has 0 bridgehead atoms. The molecule has 13 aromatic rings. The molecule has 0 amide bonds. The van der Waals surface area contributed by atoms with Crippen molar-refractivity contribution in [2.24, 2.45) is 0 Å². The monoisotopic (exact) mass is 717 g/mol. The van der Waals surface area contributed by atoms with Gasteiger partial charge in [0.25, 0.3) is 0 Å². The molecule has 0 radical (unpaired) electrons. The minimum Gasteiger partial charge on any atom is -0.436 e. The number of para-hydroxylation sites is 1. The predicted molar refractivity (Wildman–Crippen MR) is 232 cm³/mol. The van der Waals surface area contributed by atoms with Gasteiger partial charge in [0.2, 0.25) is 5.71 Å². The highest BCUT2D eigenvalue weighted by atomic mass is 32.1. The van der Waals surface area contributed by atoms with Crippen molar-refractivity contribution in [1.29, 1.82) is 0 Å². The van der Waals surface area contributed by atoms with Crippen molar-refractivity contribution >= 4 is 119 Å². The number of benzene rings is 9. The van der Waals surface area contributed by atoms with Crippen LogP contribution in [0.3, 0.4) is 0 Å². The SMILES string of the molecule is c1ccc2c(c1)ccc1c2c2c3c4ccccc4c4ccccc4c3ccc2n1-c1nc2c(nc1-c1cccc3sc4ccccc4c13)oc1ccccc12. The largest absolute Gasteiger partial charge is 0.436 e. The Balaban J connectivity index is 1.28. The molecular formula is C50H27N3OS. The molecule has 0 aliphatic carbocycles. The second-order valence-corrected chi connectivity index (χ2v) is 15.5. The van der Waals surface area contributed by atoms with Gasteiger partial charge in [0.05, 0.1) is 11.0 Å². The third kappa shape index (κ3) is 3.89. The Labute approximate surface area is 317 Å². The predicted octanol–water partition coefficient (Wildman–Crippen LogP) is 14.1. The summed E-state index contributed by atoms with van der Waals surface area (Å²) in [6, 6.07) is 58.9. The van der Waals surface area contributed by atoms with Gasteiger partial charge >= 0.3 is 0 Å². The van der Waals surface area contributed by atoms with E-state index >= 15 is 0 Å². The fourth-order valence-corrected chi connectivity index (χ4v) is 10.4. The number of hydrogen-bond donors (Lipinski definition) is 0. The molecule has 9 aromatic carbocycles. The lowest BCUT2D eigenvalue weighted by Gasteiger charge is -2.14. The summed E-state index contributed by atoms with van der Waals surface area (Å²) in [5.74, 6) is 0.779. The minimum atomic E-state index is 0.533. The third-order valence-electron chi connectivity index (χ3n) is 11.6. The summed E-state index contributed by atoms with van der Waals surface area (Å²) in [6.07, 6.45) is 0. The summed E-state index contributed by atoms with van der Waals surface area (Å²) < 4.78 is 11.3. The Morgan fingerprint density at radius 1 is 0.418 bits per heavy atom. The fourth-order valence-electron chi connectivity index (χ4n) is 9.31. The molecule has 5 heteroatoms. The molecule has 0 N–H and O–H groups in total. The van der Waals surface area contributed by atoms with Crippen LogP contribution in [0.2, 0.25) is 0 Å². The zero-order chi connectivity index (χ0) is 35.8. The number of hydrogen-bond acceptors (Lipinski definition) is 4. The van der Waals surface area contributed by atoms with Gasteiger partial charge in [-0.15, -0.1) is 11.3 Å². The maximum atomic E-state index is 6.47. The highest BCUT2D eigenvalue weighted by Gasteiger charge is 2.26. The van der Waals surface area contributed by atoms with Crippen molar-refractivity contribution in [1.82, 2.24) is 14.5 Å². The van der Waals surface area contributed by atoms with Crippen molar-refractivity contribution in [3.8, 4) is 17.1 Å². The van der Waals surface area contributed by atoms with Crippen molar-refractivity contribution in [2.45, 2.75) is 0 Å². The molecule has 0 unspecified atom stereocenters. The lowest BCUT2D eigenvalue weighted by atomic mass is 9.91. The van der Waals surface area contributed by atoms with Gasteiger partial charge in [0.1, 0.15) is 16.8 Å². The summed E-state index contributed by atoms with van der Waals surface area (Å²) in [5, 5.41) is 15.7. The summed E-state index contributed by atoms with van der Waals surface area (Å²) in [7, 11) is 0. The van der Waals surface area contributed by atoms with Gasteiger partial charge in [-0.25, -0.2) is 9.97 Å². The van der Waals surface area contributed by atoms with Crippen molar-refractivity contribution < 1.29 is 4.42 Å². The van der Waals surface area contributed by atoms with Crippen LogP contribution in [0.15, 0.2) is 168 Å². The number of aromatic nitrogens is 3. The van der Waals surface area contributed by atoms with Crippen LogP contribution in [-0.4, -0.2) is 14.5 Å². The van der Waals surface area contributed by atoms with E-state index in [9.17, 15) is 0 Å². The summed E-state index contributed by atoms with van der Waals surface area (Å²) in [5.41, 5.74) is 6.06. The smallest absolute Gasteiger partial charge is 0.247 e. The number of fused-ring (bicyclic) bond motifs is 18. The van der Waals surface area contributed by atoms with Gasteiger partial charge in [0.15, 0.2) is 5.82 Å². The van der Waals surface area contributed by atoms with Gasteiger partial charge in [-0.3, -0.25) is 4.57 Å². The van der Waals surface area contributed by atoms with E-state index in [-0.39, 0.29) is 0 Å². The second-order valence-electron chi connectivity index (χ2n) is 14.4. The van der Waals surface area contributed by atoms with E-state index in [4.69, 9.17) is 14.4 Å². The van der Waals surface area contributed by atoms with Crippen LogP contribution < -0.4 is 0 Å². The number of furan rings is 1. The quantitative estimate of drug-likeness (QED) is 0.167. The first-order valence-electron chi connectivity index (χ1n) is 18.6. The molecule has 0 atom stereocenters. The molecule has 0 aliphatic rings. The Morgan fingerprint density at radius 2 is 1.04 bits per heavy atom. The third-order valence-corrected chi connectivity index (χ3v) is 12.7. The molecule has 0 saturated heterocycles. The Kier molecular flexibility index (Phi) is 5.74. The molecule has 4 aromatic heterocycles. The van der Waals surface area contributed by atoms with Gasteiger partial charge < -0.3 is 4.42 Å². The molecule has 13 rings (SSSR count). The fraction of sp³-hybridized carbons (Fsp3) is 0. The Morgan fingerprint density at radius 3 is 1.87 bits per heavy atom. The zero-order valence-electron chi connectivity index (χ0n) is 29.2. The first-order chi connectivity index (χ1) is 27.3. The molecule has 254 valence electrons. The lowest BCUT2D eigenvalue weighted by Crippen LogP contribution is -2.03. The summed E-state index contributed by atoms with van der Waals surface area (Å²) >= 11 is 1.81. The first kappa shape index (κ1) is 29.4. The Hall–Kier alpha value is -7.08. The molecular weight excluding hydrogens is 691 g/mol. The molecule has 0 saturated carbocycles. The average molecular weight is 718 g/mol. The van der Waals surface area contributed by atoms with Crippen molar-refractivity contribution in [2.75, 3.05) is 0 Å². The van der Waals surface area contributed by atoms with Crippen LogP contribution in [0, 0.1) is 0 Å². The normalized spacial score (nSPS) is 12.4. The minimum absolute atomic E-state index is 0.533. The Bertz CT molecular complexity index is 3760. The van der Waals surface area contributed by atoms with Gasteiger partial charge in [-0.2, -0.15) is 0 Å². The zero-order valence-corrected chi connectivity index (χ0v) is 30.1. The highest BCUT2D eigenvalue weighted by molar-refractivity contribution is 7.25. The van der Waals surface area contributed by atoms with E-state index < -0.39 is 0 Å². The second kappa shape index (κ2) is 10.8. The molecule has 0 fully saturated rings. The van der Waals surface area contributed by atoms with Crippen LogP contribution in [0.4, 0.5) is 0 Å². The molecule has 4 nitrogen and oxygen atoms in total. The van der Waals surface area contributed by atoms with E-state index in [1.54, 1.807) is 0 Å². The van der Waals surface area contributed by atoms with Gasteiger partial charge in [-0.1, -0.05) is 127 Å². The maximum Gasteiger partial charge on any atom is 0.247 e. The van der Waals surface area contributed by atoms with Crippen LogP contribution >= 0.6 is 11.3 Å². The standard InChI is InChI=1S/C50H27N3OS/c1-2-13-29-28(12-1)24-26-38-45(29)46-39(27-25-34-32-16-4-3-14-30(32)31-15-5-6-17-33(31)44(34)46)53(38)49-47(52-50-48(51-49)35-18-7-9-21-40(35)54-50)37-20-11-23-42-43(37)36-19-8-10-22-41(36)55-42/h1-27H. The van der Waals surface area contributed by atoms with Crippen LogP contribution in [0.5, 0.6) is 0 Å². The number of thiophene rings is 1. The van der Waals surface area contributed by atoms with E-state index in [0.29, 0.717) is 5.71 Å². The first-order valence-corrected chi connectivity index (χ1v) is 19.4. The maximum absolute atomic E-state index is 6.47. The van der Waals surface area contributed by atoms with E-state index in [2.05, 4.69) is 150 Å². The molecule has 0 spiro atoms. The van der Waals surface area contributed by atoms with Gasteiger partial charge in [0, 0.05) is 47.3 Å². The van der Waals surface area contributed by atoms with Crippen LogP contribution in [0.25, 0.3) is 124 Å². The molecule has 0 aliphatic heterocycles. The topological polar surface area (TPSA) is 43.9 Å². The molecule has 4 heterocycles. The van der Waals surface area contributed by atoms with Crippen LogP contribution in [-0.2, 0) is 0 Å². The molecule has 55 heavy (non-hydrogen) atoms. The number of rotatable bonds is 2. The summed E-state index contributed by atoms with van der Waals surface area (Å²) in [6.45, 7) is 0. The van der Waals surface area contributed by atoms with Gasteiger partial charge in [-0.05, 0) is 74.1 Å². The van der Waals surface area contributed by atoms with Crippen molar-refractivity contribution in [3.05, 3.63) is 164 Å². The van der Waals surface area contributed by atoms with Crippen LogP contribution in [0.1, 0.15) is 0 Å². The van der Waals surface area contributed by atoms with E-state index in [1.165, 1.54) is 74.0 Å².